The zero-order valence-corrected chi connectivity index (χ0v) is 27.2. The molecule has 2 atom stereocenters. The minimum absolute atomic E-state index is 0.00263. The van der Waals surface area contributed by atoms with Crippen LogP contribution >= 0.6 is 0 Å². The molecule has 1 aromatic carbocycles. The topological polar surface area (TPSA) is 136 Å². The Labute approximate surface area is 269 Å². The molecule has 1 saturated heterocycles. The second kappa shape index (κ2) is 11.3. The van der Waals surface area contributed by atoms with Gasteiger partial charge < -0.3 is 14.6 Å². The van der Waals surface area contributed by atoms with Crippen LogP contribution in [-0.2, 0) is 32.3 Å². The Kier molecular flexibility index (Phi) is 7.88. The number of carboxylic acid groups (broad SMARTS) is 1. The highest BCUT2D eigenvalue weighted by molar-refractivity contribution is 7.89. The molecule has 0 radical (unpaired) electrons. The van der Waals surface area contributed by atoms with E-state index in [-0.39, 0.29) is 36.1 Å². The summed E-state index contributed by atoms with van der Waals surface area (Å²) in [7, 11) is -4.10. The first-order valence-electron chi connectivity index (χ1n) is 14.9. The van der Waals surface area contributed by atoms with Crippen molar-refractivity contribution in [3.8, 4) is 5.88 Å². The Hall–Kier alpha value is -4.08. The maximum atomic E-state index is 14.2. The first-order chi connectivity index (χ1) is 21.9. The molecule has 47 heavy (non-hydrogen) atoms. The molecule has 0 amide bonds. The summed E-state index contributed by atoms with van der Waals surface area (Å²) in [6.07, 6.45) is -1.53. The van der Waals surface area contributed by atoms with Crippen LogP contribution in [0, 0.1) is 26.2 Å². The number of alkyl halides is 3. The van der Waals surface area contributed by atoms with Crippen LogP contribution in [0.2, 0.25) is 0 Å². The third kappa shape index (κ3) is 5.63. The summed E-state index contributed by atoms with van der Waals surface area (Å²) in [5.41, 5.74) is 0.931. The van der Waals surface area contributed by atoms with E-state index in [0.717, 1.165) is 9.96 Å². The number of hydrogen-bond donors (Lipinski definition) is 1. The average molecular weight is 674 g/mol. The zero-order chi connectivity index (χ0) is 34.1. The highest BCUT2D eigenvalue weighted by atomic mass is 32.2. The monoisotopic (exact) mass is 673 g/mol. The maximum Gasteiger partial charge on any atom is 0.452 e. The fourth-order valence-electron chi connectivity index (χ4n) is 6.45. The fourth-order valence-corrected chi connectivity index (χ4v) is 8.09. The van der Waals surface area contributed by atoms with Crippen LogP contribution in [0.15, 0.2) is 47.6 Å². The zero-order valence-electron chi connectivity index (χ0n) is 26.4. The summed E-state index contributed by atoms with van der Waals surface area (Å²) in [5, 5.41) is 17.5. The molecule has 1 fully saturated rings. The Balaban J connectivity index is 1.47. The lowest BCUT2D eigenvalue weighted by atomic mass is 9.70. The summed E-state index contributed by atoms with van der Waals surface area (Å²) in [6.45, 7) is 8.77. The Morgan fingerprint density at radius 2 is 1.87 bits per heavy atom. The first kappa shape index (κ1) is 32.8. The fraction of sp³-hybridized carbons (Fsp3) is 0.438. The number of pyridine rings is 2. The summed E-state index contributed by atoms with van der Waals surface area (Å²) < 4.78 is 83.2. The van der Waals surface area contributed by atoms with Crippen LogP contribution < -0.4 is 4.74 Å². The molecule has 4 aromatic rings. The number of rotatable bonds is 6. The number of aromatic nitrogens is 4. The molecule has 5 heterocycles. The second-order valence-corrected chi connectivity index (χ2v) is 14.8. The molecule has 3 aromatic heterocycles. The molecule has 15 heteroatoms. The van der Waals surface area contributed by atoms with E-state index in [1.54, 1.807) is 52.1 Å². The van der Waals surface area contributed by atoms with E-state index in [2.05, 4.69) is 15.2 Å². The van der Waals surface area contributed by atoms with Gasteiger partial charge in [0.05, 0.1) is 25.2 Å². The molecule has 11 nitrogen and oxygen atoms in total. The van der Waals surface area contributed by atoms with E-state index >= 15 is 0 Å². The minimum Gasteiger partial charge on any atom is -0.481 e. The quantitative estimate of drug-likeness (QED) is 0.298. The predicted molar refractivity (Wildman–Crippen MR) is 163 cm³/mol. The first-order valence-corrected chi connectivity index (χ1v) is 16.4. The van der Waals surface area contributed by atoms with Gasteiger partial charge in [0.2, 0.25) is 21.7 Å². The van der Waals surface area contributed by atoms with Crippen LogP contribution in [0.4, 0.5) is 13.2 Å². The Bertz CT molecular complexity index is 2000. The van der Waals surface area contributed by atoms with Crippen molar-refractivity contribution in [1.82, 2.24) is 23.9 Å². The Morgan fingerprint density at radius 3 is 2.53 bits per heavy atom. The maximum absolute atomic E-state index is 14.2. The van der Waals surface area contributed by atoms with Crippen molar-refractivity contribution in [2.24, 2.45) is 5.41 Å². The van der Waals surface area contributed by atoms with Gasteiger partial charge in [-0.05, 0) is 80.1 Å². The number of ether oxygens (including phenoxy) is 2. The van der Waals surface area contributed by atoms with Crippen LogP contribution in [0.25, 0.3) is 5.65 Å². The lowest BCUT2D eigenvalue weighted by molar-refractivity contribution is -0.147. The van der Waals surface area contributed by atoms with Gasteiger partial charge in [0.1, 0.15) is 10.5 Å². The van der Waals surface area contributed by atoms with Crippen molar-refractivity contribution < 1.29 is 41.0 Å². The van der Waals surface area contributed by atoms with Gasteiger partial charge in [-0.1, -0.05) is 18.2 Å². The molecule has 250 valence electrons. The number of hydrogen-bond acceptors (Lipinski definition) is 8. The van der Waals surface area contributed by atoms with Crippen molar-refractivity contribution in [3.05, 3.63) is 81.9 Å². The lowest BCUT2D eigenvalue weighted by Gasteiger charge is -2.33. The van der Waals surface area contributed by atoms with Crippen LogP contribution in [0.5, 0.6) is 5.88 Å². The average Bonchev–Trinajstić information content (AvgIpc) is 3.62. The van der Waals surface area contributed by atoms with Gasteiger partial charge >= 0.3 is 12.1 Å². The van der Waals surface area contributed by atoms with E-state index < -0.39 is 44.9 Å². The molecule has 0 unspecified atom stereocenters. The van der Waals surface area contributed by atoms with Crippen LogP contribution in [0.1, 0.15) is 65.4 Å². The smallest absolute Gasteiger partial charge is 0.452 e. The number of sulfonamides is 1. The number of carboxylic acids is 1. The molecule has 2 aliphatic heterocycles. The van der Waals surface area contributed by atoms with Crippen molar-refractivity contribution in [2.45, 2.75) is 70.2 Å². The van der Waals surface area contributed by atoms with Gasteiger partial charge in [0.15, 0.2) is 5.65 Å². The van der Waals surface area contributed by atoms with Crippen LogP contribution in [-0.4, -0.2) is 68.7 Å². The van der Waals surface area contributed by atoms with Gasteiger partial charge in [-0.2, -0.15) is 17.5 Å². The van der Waals surface area contributed by atoms with Crippen molar-refractivity contribution in [1.29, 1.82) is 0 Å². The largest absolute Gasteiger partial charge is 0.481 e. The lowest BCUT2D eigenvalue weighted by Crippen LogP contribution is -2.47. The van der Waals surface area contributed by atoms with Gasteiger partial charge in [0, 0.05) is 31.3 Å². The minimum atomic E-state index is -4.74. The van der Waals surface area contributed by atoms with Crippen LogP contribution in [0.3, 0.4) is 0 Å². The normalized spacial score (nSPS) is 20.6. The number of fused-ring (bicyclic) bond motifs is 2. The second-order valence-electron chi connectivity index (χ2n) is 12.9. The van der Waals surface area contributed by atoms with Gasteiger partial charge in [-0.25, -0.2) is 13.4 Å². The SMILES string of the molecule is Cc1cnc2c(c1)S(=O)(=O)N(Cc1cc([C@H](c3ccn4c(C(F)(F)F)nnc4c3C)C(C)(C)C(=O)O)ccc1C)C[C@]1(CCOC1)O2. The number of benzene rings is 1. The summed E-state index contributed by atoms with van der Waals surface area (Å²) in [4.78, 5) is 17.0. The van der Waals surface area contributed by atoms with Gasteiger partial charge in [-0.3, -0.25) is 9.20 Å². The summed E-state index contributed by atoms with van der Waals surface area (Å²) >= 11 is 0. The number of aliphatic carboxylic acids is 1. The molecular formula is C32H34F3N5O6S. The molecule has 0 saturated carbocycles. The molecule has 6 rings (SSSR count). The number of aryl methyl sites for hydroxylation is 3. The van der Waals surface area contributed by atoms with E-state index in [4.69, 9.17) is 9.47 Å². The predicted octanol–water partition coefficient (Wildman–Crippen LogP) is 5.05. The molecule has 1 N–H and O–H groups in total. The molecule has 1 spiro atoms. The number of halogens is 3. The molecule has 0 aliphatic carbocycles. The van der Waals surface area contributed by atoms with E-state index in [0.29, 0.717) is 40.8 Å². The molecule has 0 bridgehead atoms. The molecular weight excluding hydrogens is 639 g/mol. The van der Waals surface area contributed by atoms with Crippen molar-refractivity contribution in [2.75, 3.05) is 19.8 Å². The van der Waals surface area contributed by atoms with Crippen molar-refractivity contribution >= 4 is 21.6 Å². The number of nitrogens with zero attached hydrogens (tertiary/aromatic N) is 5. The van der Waals surface area contributed by atoms with Gasteiger partial charge in [-0.15, -0.1) is 10.2 Å². The third-order valence-corrected chi connectivity index (χ3v) is 11.0. The van der Waals surface area contributed by atoms with Crippen molar-refractivity contribution in [3.63, 3.8) is 0 Å². The highest BCUT2D eigenvalue weighted by Gasteiger charge is 2.47. The number of carbonyl (C=O) groups is 1. The third-order valence-electron chi connectivity index (χ3n) is 9.18. The summed E-state index contributed by atoms with van der Waals surface area (Å²) in [5.74, 6) is -3.16. The van der Waals surface area contributed by atoms with E-state index in [9.17, 15) is 31.5 Å². The van der Waals surface area contributed by atoms with E-state index in [1.165, 1.54) is 22.6 Å². The standard InChI is InChI=1S/C32H34F3N5O6S/c1-18-12-24-27(36-14-18)46-31(9-11-45-17-31)16-39(47(24,43)44)15-22-13-21(7-6-19(22)2)25(30(4,5)29(41)42)23-8-10-40-26(20(23)3)37-38-28(40)32(33,34)35/h6-8,10,12-14,25H,9,11,15-17H2,1-5H3,(H,41,42)/t25-,31+/m1/s1. The highest BCUT2D eigenvalue weighted by Crippen LogP contribution is 2.44. The Morgan fingerprint density at radius 1 is 1.13 bits per heavy atom. The molecule has 2 aliphatic rings. The van der Waals surface area contributed by atoms with E-state index in [1.807, 2.05) is 6.92 Å². The van der Waals surface area contributed by atoms with Gasteiger partial charge in [0.25, 0.3) is 0 Å². The summed E-state index contributed by atoms with van der Waals surface area (Å²) in [6, 6.07) is 8.31.